The van der Waals surface area contributed by atoms with Gasteiger partial charge in [0.2, 0.25) is 15.9 Å². The molecule has 1 aromatic rings. The summed E-state index contributed by atoms with van der Waals surface area (Å²) in [5.74, 6) is 0.0969. The summed E-state index contributed by atoms with van der Waals surface area (Å²) in [6.07, 6.45) is 5.27. The Bertz CT molecular complexity index is 778. The van der Waals surface area contributed by atoms with Crippen molar-refractivity contribution in [3.63, 3.8) is 0 Å². The first-order chi connectivity index (χ1) is 13.8. The Hall–Kier alpha value is -1.44. The van der Waals surface area contributed by atoms with Gasteiger partial charge in [0, 0.05) is 45.3 Å². The molecule has 0 saturated carbocycles. The van der Waals surface area contributed by atoms with Crippen molar-refractivity contribution in [2.45, 2.75) is 69.4 Å². The molecular formula is C22H35N3O3S. The lowest BCUT2D eigenvalue weighted by Crippen LogP contribution is -2.47. The molecular weight excluding hydrogens is 386 g/mol. The number of sulfonamides is 1. The molecule has 0 bridgehead atoms. The van der Waals surface area contributed by atoms with Crippen molar-refractivity contribution in [1.82, 2.24) is 14.1 Å². The Balaban J connectivity index is 1.57. The van der Waals surface area contributed by atoms with Crippen molar-refractivity contribution in [3.05, 3.63) is 29.8 Å². The van der Waals surface area contributed by atoms with Crippen LogP contribution in [0.15, 0.2) is 29.2 Å². The van der Waals surface area contributed by atoms with Crippen molar-refractivity contribution in [2.75, 3.05) is 33.2 Å². The van der Waals surface area contributed by atoms with Crippen LogP contribution in [-0.2, 0) is 21.2 Å². The van der Waals surface area contributed by atoms with E-state index in [2.05, 4.69) is 18.7 Å². The first-order valence-electron chi connectivity index (χ1n) is 10.9. The highest BCUT2D eigenvalue weighted by atomic mass is 32.2. The lowest BCUT2D eigenvalue weighted by Gasteiger charge is -2.38. The largest absolute Gasteiger partial charge is 0.342 e. The second kappa shape index (κ2) is 9.58. The van der Waals surface area contributed by atoms with Gasteiger partial charge in [-0.05, 0) is 57.2 Å². The number of likely N-dealkylation sites (tertiary alicyclic amines) is 1. The molecule has 2 fully saturated rings. The number of hydrogen-bond acceptors (Lipinski definition) is 4. The molecule has 6 nitrogen and oxygen atoms in total. The fourth-order valence-corrected chi connectivity index (χ4v) is 5.84. The maximum Gasteiger partial charge on any atom is 0.243 e. The van der Waals surface area contributed by atoms with E-state index in [4.69, 9.17) is 0 Å². The fourth-order valence-electron chi connectivity index (χ4n) is 4.33. The fraction of sp³-hybridized carbons (Fsp3) is 0.682. The van der Waals surface area contributed by atoms with Gasteiger partial charge in [0.05, 0.1) is 11.3 Å². The third kappa shape index (κ3) is 5.38. The number of benzene rings is 1. The Labute approximate surface area is 175 Å². The van der Waals surface area contributed by atoms with Gasteiger partial charge in [-0.1, -0.05) is 18.6 Å². The summed E-state index contributed by atoms with van der Waals surface area (Å²) >= 11 is 0. The highest BCUT2D eigenvalue weighted by Gasteiger charge is 2.27. The van der Waals surface area contributed by atoms with E-state index in [0.717, 1.165) is 50.8 Å². The first kappa shape index (κ1) is 22.2. The summed E-state index contributed by atoms with van der Waals surface area (Å²) in [5, 5.41) is 0. The molecule has 0 atom stereocenters. The van der Waals surface area contributed by atoms with Crippen LogP contribution >= 0.6 is 0 Å². The highest BCUT2D eigenvalue weighted by molar-refractivity contribution is 7.89. The molecule has 7 heteroatoms. The molecule has 2 aliphatic heterocycles. The first-order valence-corrected chi connectivity index (χ1v) is 12.3. The maximum atomic E-state index is 12.8. The van der Waals surface area contributed by atoms with Crippen LogP contribution in [0, 0.1) is 0 Å². The van der Waals surface area contributed by atoms with E-state index in [0.29, 0.717) is 30.4 Å². The standard InChI is InChI=1S/C22H35N3O3S/c1-18(2)24-15-11-20(12-16-24)23(3)22(26)17-19-7-9-21(10-8-19)29(27,28)25-13-5-4-6-14-25/h7-10,18,20H,4-6,11-17H2,1-3H3. The van der Waals surface area contributed by atoms with Crippen LogP contribution in [0.5, 0.6) is 0 Å². The van der Waals surface area contributed by atoms with Gasteiger partial charge in [-0.2, -0.15) is 4.31 Å². The van der Waals surface area contributed by atoms with E-state index in [1.54, 1.807) is 28.6 Å². The van der Waals surface area contributed by atoms with E-state index >= 15 is 0 Å². The number of nitrogens with zero attached hydrogens (tertiary/aromatic N) is 3. The van der Waals surface area contributed by atoms with Crippen LogP contribution in [0.3, 0.4) is 0 Å². The van der Waals surface area contributed by atoms with Crippen LogP contribution in [0.2, 0.25) is 0 Å². The molecule has 1 amide bonds. The summed E-state index contributed by atoms with van der Waals surface area (Å²) in [5.41, 5.74) is 0.860. The van der Waals surface area contributed by atoms with Crippen molar-refractivity contribution in [3.8, 4) is 0 Å². The Morgan fingerprint density at radius 3 is 2.17 bits per heavy atom. The normalized spacial score (nSPS) is 20.1. The minimum Gasteiger partial charge on any atom is -0.342 e. The Morgan fingerprint density at radius 2 is 1.62 bits per heavy atom. The predicted molar refractivity (Wildman–Crippen MR) is 115 cm³/mol. The molecule has 0 spiro atoms. The van der Waals surface area contributed by atoms with Gasteiger partial charge in [0.15, 0.2) is 0 Å². The molecule has 162 valence electrons. The molecule has 0 radical (unpaired) electrons. The van der Waals surface area contributed by atoms with Gasteiger partial charge in [-0.3, -0.25) is 4.79 Å². The SMILES string of the molecule is CC(C)N1CCC(N(C)C(=O)Cc2ccc(S(=O)(=O)N3CCCCC3)cc2)CC1. The minimum atomic E-state index is -3.42. The Kier molecular flexibility index (Phi) is 7.35. The summed E-state index contributed by atoms with van der Waals surface area (Å²) in [4.78, 5) is 17.4. The molecule has 0 aliphatic carbocycles. The smallest absolute Gasteiger partial charge is 0.243 e. The van der Waals surface area contributed by atoms with Gasteiger partial charge in [-0.15, -0.1) is 0 Å². The monoisotopic (exact) mass is 421 g/mol. The van der Waals surface area contributed by atoms with Crippen molar-refractivity contribution < 1.29 is 13.2 Å². The number of hydrogen-bond donors (Lipinski definition) is 0. The van der Waals surface area contributed by atoms with Crippen LogP contribution in [-0.4, -0.2) is 73.7 Å². The van der Waals surface area contributed by atoms with Crippen LogP contribution < -0.4 is 0 Å². The van der Waals surface area contributed by atoms with Gasteiger partial charge in [0.1, 0.15) is 0 Å². The lowest BCUT2D eigenvalue weighted by atomic mass is 10.0. The van der Waals surface area contributed by atoms with Gasteiger partial charge in [-0.25, -0.2) is 8.42 Å². The molecule has 2 saturated heterocycles. The van der Waals surface area contributed by atoms with E-state index < -0.39 is 10.0 Å². The maximum absolute atomic E-state index is 12.8. The predicted octanol–water partition coefficient (Wildman–Crippen LogP) is 2.73. The number of amides is 1. The topological polar surface area (TPSA) is 60.9 Å². The highest BCUT2D eigenvalue weighted by Crippen LogP contribution is 2.22. The summed E-state index contributed by atoms with van der Waals surface area (Å²) < 4.78 is 27.1. The molecule has 1 aromatic carbocycles. The summed E-state index contributed by atoms with van der Waals surface area (Å²) in [6, 6.07) is 7.70. The second-order valence-corrected chi connectivity index (χ2v) is 10.6. The molecule has 0 N–H and O–H groups in total. The van der Waals surface area contributed by atoms with Crippen molar-refractivity contribution in [1.29, 1.82) is 0 Å². The van der Waals surface area contributed by atoms with Crippen LogP contribution in [0.4, 0.5) is 0 Å². The van der Waals surface area contributed by atoms with Gasteiger partial charge < -0.3 is 9.80 Å². The van der Waals surface area contributed by atoms with Crippen LogP contribution in [0.25, 0.3) is 0 Å². The Morgan fingerprint density at radius 1 is 1.03 bits per heavy atom. The zero-order valence-electron chi connectivity index (χ0n) is 18.0. The average Bonchev–Trinajstić information content (AvgIpc) is 2.74. The second-order valence-electron chi connectivity index (χ2n) is 8.65. The average molecular weight is 422 g/mol. The van der Waals surface area contributed by atoms with E-state index in [1.807, 2.05) is 11.9 Å². The van der Waals surface area contributed by atoms with Gasteiger partial charge >= 0.3 is 0 Å². The molecule has 2 aliphatic rings. The molecule has 0 unspecified atom stereocenters. The zero-order chi connectivity index (χ0) is 21.0. The van der Waals surface area contributed by atoms with Crippen molar-refractivity contribution in [2.24, 2.45) is 0 Å². The summed E-state index contributed by atoms with van der Waals surface area (Å²) in [7, 11) is -1.52. The minimum absolute atomic E-state index is 0.0969. The van der Waals surface area contributed by atoms with E-state index in [9.17, 15) is 13.2 Å². The molecule has 0 aromatic heterocycles. The number of likely N-dealkylation sites (N-methyl/N-ethyl adjacent to an activating group) is 1. The number of carbonyl (C=O) groups excluding carboxylic acids is 1. The lowest BCUT2D eigenvalue weighted by molar-refractivity contribution is -0.132. The van der Waals surface area contributed by atoms with Crippen LogP contribution in [0.1, 0.15) is 51.5 Å². The molecule has 29 heavy (non-hydrogen) atoms. The quantitative estimate of drug-likeness (QED) is 0.709. The number of rotatable bonds is 6. The third-order valence-corrected chi connectivity index (χ3v) is 8.31. The number of carbonyl (C=O) groups is 1. The molecule has 3 rings (SSSR count). The number of piperidine rings is 2. The summed E-state index contributed by atoms with van der Waals surface area (Å²) in [6.45, 7) is 7.69. The van der Waals surface area contributed by atoms with Gasteiger partial charge in [0.25, 0.3) is 0 Å². The van der Waals surface area contributed by atoms with Crippen molar-refractivity contribution >= 4 is 15.9 Å². The third-order valence-electron chi connectivity index (χ3n) is 6.40. The van der Waals surface area contributed by atoms with E-state index in [-0.39, 0.29) is 11.9 Å². The van der Waals surface area contributed by atoms with E-state index in [1.165, 1.54) is 0 Å². The zero-order valence-corrected chi connectivity index (χ0v) is 18.8. The molecule has 2 heterocycles.